The van der Waals surface area contributed by atoms with Gasteiger partial charge in [-0.25, -0.2) is 0 Å². The van der Waals surface area contributed by atoms with Crippen LogP contribution in [0.2, 0.25) is 0 Å². The number of rotatable bonds is 8. The Bertz CT molecular complexity index is 565. The molecule has 138 valence electrons. The standard InChI is InChI=1S/C19H30N4O2/c1-14(15(2)20)18(24)22-13-16-5-7-17(8-6-16)19(25)21-9-12-23-10-3-4-11-23/h5-8,14-15H,3-4,9-13,20H2,1-2H3,(H,21,25)(H,22,24). The van der Waals surface area contributed by atoms with Crippen LogP contribution in [0.15, 0.2) is 24.3 Å². The number of likely N-dealkylation sites (tertiary alicyclic amines) is 1. The SMILES string of the molecule is CC(N)C(C)C(=O)NCc1ccc(C(=O)NCCN2CCCC2)cc1. The van der Waals surface area contributed by atoms with Crippen LogP contribution in [0.3, 0.4) is 0 Å². The van der Waals surface area contributed by atoms with Gasteiger partial charge in [-0.1, -0.05) is 19.1 Å². The van der Waals surface area contributed by atoms with E-state index in [-0.39, 0.29) is 23.8 Å². The molecule has 4 N–H and O–H groups in total. The number of carbonyl (C=O) groups is 2. The second-order valence-corrected chi connectivity index (χ2v) is 6.87. The van der Waals surface area contributed by atoms with E-state index in [1.54, 1.807) is 12.1 Å². The van der Waals surface area contributed by atoms with Crippen LogP contribution in [0.25, 0.3) is 0 Å². The Labute approximate surface area is 150 Å². The molecule has 2 atom stereocenters. The smallest absolute Gasteiger partial charge is 0.251 e. The van der Waals surface area contributed by atoms with Crippen molar-refractivity contribution in [3.8, 4) is 0 Å². The number of hydrogen-bond donors (Lipinski definition) is 3. The van der Waals surface area contributed by atoms with E-state index in [2.05, 4.69) is 15.5 Å². The van der Waals surface area contributed by atoms with Crippen LogP contribution in [-0.4, -0.2) is 48.9 Å². The summed E-state index contributed by atoms with van der Waals surface area (Å²) in [5.41, 5.74) is 7.33. The van der Waals surface area contributed by atoms with E-state index in [0.29, 0.717) is 18.7 Å². The number of nitrogens with zero attached hydrogens (tertiary/aromatic N) is 1. The summed E-state index contributed by atoms with van der Waals surface area (Å²) in [4.78, 5) is 26.4. The zero-order valence-corrected chi connectivity index (χ0v) is 15.3. The fraction of sp³-hybridized carbons (Fsp3) is 0.579. The lowest BCUT2D eigenvalue weighted by molar-refractivity contribution is -0.125. The van der Waals surface area contributed by atoms with Gasteiger partial charge >= 0.3 is 0 Å². The van der Waals surface area contributed by atoms with Gasteiger partial charge < -0.3 is 21.3 Å². The Morgan fingerprint density at radius 3 is 2.36 bits per heavy atom. The van der Waals surface area contributed by atoms with Crippen molar-refractivity contribution in [2.45, 2.75) is 39.3 Å². The summed E-state index contributed by atoms with van der Waals surface area (Å²) in [5, 5.41) is 5.83. The number of carbonyl (C=O) groups excluding carboxylic acids is 2. The van der Waals surface area contributed by atoms with Crippen molar-refractivity contribution in [3.05, 3.63) is 35.4 Å². The average molecular weight is 346 g/mol. The van der Waals surface area contributed by atoms with E-state index in [1.807, 2.05) is 26.0 Å². The summed E-state index contributed by atoms with van der Waals surface area (Å²) in [6.45, 7) is 7.93. The highest BCUT2D eigenvalue weighted by atomic mass is 16.2. The van der Waals surface area contributed by atoms with E-state index in [9.17, 15) is 9.59 Å². The zero-order chi connectivity index (χ0) is 18.2. The first kappa shape index (κ1) is 19.4. The van der Waals surface area contributed by atoms with Crippen molar-refractivity contribution in [1.29, 1.82) is 0 Å². The number of hydrogen-bond acceptors (Lipinski definition) is 4. The monoisotopic (exact) mass is 346 g/mol. The number of amides is 2. The molecule has 0 bridgehead atoms. The van der Waals surface area contributed by atoms with Crippen molar-refractivity contribution in [1.82, 2.24) is 15.5 Å². The number of nitrogens with two attached hydrogens (primary N) is 1. The van der Waals surface area contributed by atoms with Crippen LogP contribution < -0.4 is 16.4 Å². The van der Waals surface area contributed by atoms with Gasteiger partial charge in [0.05, 0.1) is 0 Å². The Morgan fingerprint density at radius 1 is 1.12 bits per heavy atom. The summed E-state index contributed by atoms with van der Waals surface area (Å²) < 4.78 is 0. The molecule has 0 aliphatic carbocycles. The van der Waals surface area contributed by atoms with Gasteiger partial charge in [-0.15, -0.1) is 0 Å². The normalized spacial score (nSPS) is 17.1. The predicted octanol–water partition coefficient (Wildman–Crippen LogP) is 1.11. The molecule has 1 saturated heterocycles. The van der Waals surface area contributed by atoms with Gasteiger partial charge in [-0.05, 0) is 50.6 Å². The molecule has 1 aromatic carbocycles. The largest absolute Gasteiger partial charge is 0.352 e. The minimum absolute atomic E-state index is 0.0552. The van der Waals surface area contributed by atoms with E-state index in [0.717, 1.165) is 25.2 Å². The quantitative estimate of drug-likeness (QED) is 0.658. The van der Waals surface area contributed by atoms with Gasteiger partial charge in [-0.3, -0.25) is 9.59 Å². The van der Waals surface area contributed by atoms with Gasteiger partial charge in [0.25, 0.3) is 5.91 Å². The summed E-state index contributed by atoms with van der Waals surface area (Å²) in [6, 6.07) is 7.15. The molecule has 0 saturated carbocycles. The first-order valence-electron chi connectivity index (χ1n) is 9.10. The van der Waals surface area contributed by atoms with E-state index < -0.39 is 0 Å². The third-order valence-corrected chi connectivity index (χ3v) is 4.80. The van der Waals surface area contributed by atoms with Crippen molar-refractivity contribution < 1.29 is 9.59 Å². The molecule has 0 spiro atoms. The lowest BCUT2D eigenvalue weighted by Crippen LogP contribution is -2.38. The summed E-state index contributed by atoms with van der Waals surface area (Å²) in [7, 11) is 0. The molecular formula is C19H30N4O2. The maximum atomic E-state index is 12.1. The highest BCUT2D eigenvalue weighted by molar-refractivity contribution is 5.94. The lowest BCUT2D eigenvalue weighted by atomic mass is 10.0. The molecule has 2 unspecified atom stereocenters. The molecule has 0 aromatic heterocycles. The fourth-order valence-electron chi connectivity index (χ4n) is 2.80. The second kappa shape index (κ2) is 9.53. The van der Waals surface area contributed by atoms with Crippen LogP contribution in [0.1, 0.15) is 42.6 Å². The molecule has 2 amide bonds. The molecule has 25 heavy (non-hydrogen) atoms. The first-order chi connectivity index (χ1) is 12.0. The second-order valence-electron chi connectivity index (χ2n) is 6.87. The topological polar surface area (TPSA) is 87.5 Å². The van der Waals surface area contributed by atoms with Crippen LogP contribution in [0, 0.1) is 5.92 Å². The molecule has 1 aromatic rings. The average Bonchev–Trinajstić information content (AvgIpc) is 3.12. The van der Waals surface area contributed by atoms with Crippen molar-refractivity contribution in [3.63, 3.8) is 0 Å². The van der Waals surface area contributed by atoms with Gasteiger partial charge in [0.2, 0.25) is 5.91 Å². The summed E-state index contributed by atoms with van der Waals surface area (Å²) >= 11 is 0. The molecule has 1 heterocycles. The molecule has 6 heteroatoms. The minimum atomic E-state index is -0.222. The molecule has 6 nitrogen and oxygen atoms in total. The van der Waals surface area contributed by atoms with Crippen LogP contribution in [0.5, 0.6) is 0 Å². The molecule has 0 radical (unpaired) electrons. The molecular weight excluding hydrogens is 316 g/mol. The molecule has 1 aliphatic rings. The van der Waals surface area contributed by atoms with Crippen LogP contribution >= 0.6 is 0 Å². The predicted molar refractivity (Wildman–Crippen MR) is 99.1 cm³/mol. The Hall–Kier alpha value is -1.92. The fourth-order valence-corrected chi connectivity index (χ4v) is 2.80. The maximum Gasteiger partial charge on any atom is 0.251 e. The highest BCUT2D eigenvalue weighted by Crippen LogP contribution is 2.07. The van der Waals surface area contributed by atoms with Crippen molar-refractivity contribution in [2.75, 3.05) is 26.2 Å². The maximum absolute atomic E-state index is 12.1. The Morgan fingerprint density at radius 2 is 1.76 bits per heavy atom. The zero-order valence-electron chi connectivity index (χ0n) is 15.3. The van der Waals surface area contributed by atoms with Gasteiger partial charge in [0.1, 0.15) is 0 Å². The number of nitrogens with one attached hydrogen (secondary N) is 2. The van der Waals surface area contributed by atoms with E-state index in [1.165, 1.54) is 12.8 Å². The van der Waals surface area contributed by atoms with Crippen LogP contribution in [-0.2, 0) is 11.3 Å². The van der Waals surface area contributed by atoms with Gasteiger partial charge in [0, 0.05) is 37.2 Å². The molecule has 1 aliphatic heterocycles. The first-order valence-corrected chi connectivity index (χ1v) is 9.10. The lowest BCUT2D eigenvalue weighted by Gasteiger charge is -2.15. The van der Waals surface area contributed by atoms with E-state index >= 15 is 0 Å². The Balaban J connectivity index is 1.74. The molecule has 1 fully saturated rings. The number of benzene rings is 1. The van der Waals surface area contributed by atoms with Crippen molar-refractivity contribution in [2.24, 2.45) is 11.7 Å². The van der Waals surface area contributed by atoms with Crippen molar-refractivity contribution >= 4 is 11.8 Å². The van der Waals surface area contributed by atoms with Gasteiger partial charge in [-0.2, -0.15) is 0 Å². The minimum Gasteiger partial charge on any atom is -0.352 e. The third-order valence-electron chi connectivity index (χ3n) is 4.80. The summed E-state index contributed by atoms with van der Waals surface area (Å²) in [5.74, 6) is -0.334. The summed E-state index contributed by atoms with van der Waals surface area (Å²) in [6.07, 6.45) is 2.52. The highest BCUT2D eigenvalue weighted by Gasteiger charge is 2.16. The Kier molecular flexibility index (Phi) is 7.40. The molecule has 2 rings (SSSR count). The van der Waals surface area contributed by atoms with Crippen LogP contribution in [0.4, 0.5) is 0 Å². The van der Waals surface area contributed by atoms with E-state index in [4.69, 9.17) is 5.73 Å². The van der Waals surface area contributed by atoms with Gasteiger partial charge in [0.15, 0.2) is 0 Å². The third kappa shape index (κ3) is 6.14.